The van der Waals surface area contributed by atoms with Crippen LogP contribution in [0.4, 0.5) is 4.79 Å². The second-order valence-corrected chi connectivity index (χ2v) is 15.4. The second kappa shape index (κ2) is 13.6. The highest BCUT2D eigenvalue weighted by Gasteiger charge is 2.33. The van der Waals surface area contributed by atoms with Gasteiger partial charge in [-0.3, -0.25) is 9.59 Å². The van der Waals surface area contributed by atoms with E-state index in [-0.39, 0.29) is 17.5 Å². The van der Waals surface area contributed by atoms with E-state index in [0.29, 0.717) is 70.5 Å². The quantitative estimate of drug-likeness (QED) is 0.434. The summed E-state index contributed by atoms with van der Waals surface area (Å²) in [6.07, 6.45) is 7.60. The molecule has 3 aromatic rings. The number of urea groups is 1. The summed E-state index contributed by atoms with van der Waals surface area (Å²) in [5, 5.41) is 1.02. The molecule has 3 fully saturated rings. The van der Waals surface area contributed by atoms with Crippen molar-refractivity contribution in [1.29, 1.82) is 0 Å². The molecule has 0 bridgehead atoms. The Kier molecular flexibility index (Phi) is 9.25. The number of benzene rings is 2. The monoisotopic (exact) mass is 688 g/mol. The molecule has 2 saturated heterocycles. The van der Waals surface area contributed by atoms with Gasteiger partial charge in [0.05, 0.1) is 25.5 Å². The van der Waals surface area contributed by atoms with E-state index in [1.165, 1.54) is 26.1 Å². The first-order valence-electron chi connectivity index (χ1n) is 17.2. The Labute approximate surface area is 287 Å². The highest BCUT2D eigenvalue weighted by atomic mass is 32.2. The first-order valence-corrected chi connectivity index (χ1v) is 18.7. The number of piperazine rings is 1. The molecule has 2 aromatic carbocycles. The number of hydrogen-bond acceptors (Lipinski definition) is 6. The standard InChI is InChI=1S/C36H44N6O6S/c1-38(2)49(46,47)37-34(43)27-12-13-30-31(23-27)42-24-28(35(44)39-14-16-40(17-15-39)36(45)41-18-20-48-21-19-41)22-26-10-6-7-11-29(26)33(42)32(30)25-8-4-3-5-9-25/h6-7,10-13,22-23,25H,3-5,8-9,14-21,24H2,1-2H3,(H,37,43). The lowest BCUT2D eigenvalue weighted by molar-refractivity contribution is -0.128. The average molecular weight is 689 g/mol. The maximum atomic E-state index is 14.3. The van der Waals surface area contributed by atoms with Gasteiger partial charge in [0.2, 0.25) is 0 Å². The third-order valence-corrected chi connectivity index (χ3v) is 11.8. The Hall–Kier alpha value is -4.20. The molecule has 1 aliphatic carbocycles. The third kappa shape index (κ3) is 6.47. The van der Waals surface area contributed by atoms with Crippen molar-refractivity contribution in [3.05, 3.63) is 64.7 Å². The number of nitrogens with one attached hydrogen (secondary N) is 1. The van der Waals surface area contributed by atoms with Crippen molar-refractivity contribution in [3.8, 4) is 11.3 Å². The lowest BCUT2D eigenvalue weighted by Crippen LogP contribution is -2.55. The van der Waals surface area contributed by atoms with E-state index >= 15 is 0 Å². The zero-order valence-electron chi connectivity index (χ0n) is 28.2. The molecule has 13 heteroatoms. The van der Waals surface area contributed by atoms with Crippen molar-refractivity contribution in [3.63, 3.8) is 0 Å². The molecule has 49 heavy (non-hydrogen) atoms. The molecule has 0 radical (unpaired) electrons. The maximum Gasteiger partial charge on any atom is 0.320 e. The number of hydrogen-bond donors (Lipinski definition) is 1. The molecule has 12 nitrogen and oxygen atoms in total. The van der Waals surface area contributed by atoms with Gasteiger partial charge in [0.25, 0.3) is 11.8 Å². The highest BCUT2D eigenvalue weighted by Crippen LogP contribution is 2.46. The van der Waals surface area contributed by atoms with Crippen LogP contribution in [-0.2, 0) is 26.3 Å². The van der Waals surface area contributed by atoms with Crippen LogP contribution in [-0.4, -0.2) is 116 Å². The van der Waals surface area contributed by atoms with E-state index in [1.54, 1.807) is 12.1 Å². The van der Waals surface area contributed by atoms with Crippen LogP contribution in [0.5, 0.6) is 0 Å². The Balaban J connectivity index is 1.25. The molecule has 4 aliphatic rings. The fraction of sp³-hybridized carbons (Fsp3) is 0.472. The number of carbonyl (C=O) groups is 3. The van der Waals surface area contributed by atoms with Crippen LogP contribution < -0.4 is 4.72 Å². The molecule has 260 valence electrons. The largest absolute Gasteiger partial charge is 0.378 e. The van der Waals surface area contributed by atoms with Crippen LogP contribution >= 0.6 is 0 Å². The minimum atomic E-state index is -3.99. The molecule has 4 heterocycles. The van der Waals surface area contributed by atoms with Crippen LogP contribution in [0, 0.1) is 0 Å². The summed E-state index contributed by atoms with van der Waals surface area (Å²) >= 11 is 0. The SMILES string of the molecule is CN(C)S(=O)(=O)NC(=O)c1ccc2c(C3CCCCC3)c3n(c2c1)CC(C(=O)N1CCN(C(=O)N2CCOCC2)CC1)=Cc1ccccc1-3. The van der Waals surface area contributed by atoms with Gasteiger partial charge in [0.1, 0.15) is 0 Å². The molecule has 7 rings (SSSR count). The molecule has 1 N–H and O–H groups in total. The van der Waals surface area contributed by atoms with Gasteiger partial charge in [-0.2, -0.15) is 12.7 Å². The van der Waals surface area contributed by atoms with Crippen molar-refractivity contribution >= 4 is 45.0 Å². The predicted molar refractivity (Wildman–Crippen MR) is 187 cm³/mol. The Bertz CT molecular complexity index is 1910. The van der Waals surface area contributed by atoms with Crippen molar-refractivity contribution in [2.75, 3.05) is 66.6 Å². The third-order valence-electron chi connectivity index (χ3n) is 10.3. The normalized spacial score (nSPS) is 18.9. The van der Waals surface area contributed by atoms with Crippen LogP contribution in [0.25, 0.3) is 28.2 Å². The number of nitrogens with zero attached hydrogens (tertiary/aromatic N) is 5. The summed E-state index contributed by atoms with van der Waals surface area (Å²) in [6, 6.07) is 13.5. The van der Waals surface area contributed by atoms with Crippen molar-refractivity contribution in [1.82, 2.24) is 28.3 Å². The molecular weight excluding hydrogens is 644 g/mol. The van der Waals surface area contributed by atoms with Crippen molar-refractivity contribution in [2.45, 2.75) is 44.6 Å². The zero-order chi connectivity index (χ0) is 34.3. The Morgan fingerprint density at radius 2 is 1.53 bits per heavy atom. The number of ether oxygens (including phenoxy) is 1. The molecule has 0 atom stereocenters. The van der Waals surface area contributed by atoms with Gasteiger partial charge < -0.3 is 24.0 Å². The maximum absolute atomic E-state index is 14.3. The summed E-state index contributed by atoms with van der Waals surface area (Å²) in [5.74, 6) is -0.465. The van der Waals surface area contributed by atoms with E-state index < -0.39 is 16.1 Å². The number of fused-ring (bicyclic) bond motifs is 5. The van der Waals surface area contributed by atoms with Gasteiger partial charge in [0.15, 0.2) is 0 Å². The van der Waals surface area contributed by atoms with E-state index in [4.69, 9.17) is 4.74 Å². The van der Waals surface area contributed by atoms with Crippen LogP contribution in [0.15, 0.2) is 48.0 Å². The minimum Gasteiger partial charge on any atom is -0.378 e. The van der Waals surface area contributed by atoms with E-state index in [2.05, 4.69) is 15.4 Å². The van der Waals surface area contributed by atoms with Crippen LogP contribution in [0.3, 0.4) is 0 Å². The van der Waals surface area contributed by atoms with Gasteiger partial charge in [-0.25, -0.2) is 9.52 Å². The first kappa shape index (κ1) is 33.3. The summed E-state index contributed by atoms with van der Waals surface area (Å²) in [4.78, 5) is 46.2. The summed E-state index contributed by atoms with van der Waals surface area (Å²) < 4.78 is 35.7. The topological polar surface area (TPSA) is 124 Å². The van der Waals surface area contributed by atoms with Crippen molar-refractivity contribution in [2.24, 2.45) is 0 Å². The van der Waals surface area contributed by atoms with Gasteiger partial charge in [-0.05, 0) is 48.1 Å². The van der Waals surface area contributed by atoms with E-state index in [0.717, 1.165) is 57.7 Å². The average Bonchev–Trinajstić information content (AvgIpc) is 3.33. The number of carbonyl (C=O) groups excluding carboxylic acids is 3. The fourth-order valence-corrected chi connectivity index (χ4v) is 8.21. The summed E-state index contributed by atoms with van der Waals surface area (Å²) in [5.41, 5.74) is 5.91. The molecule has 1 saturated carbocycles. The van der Waals surface area contributed by atoms with Crippen molar-refractivity contribution < 1.29 is 27.5 Å². The lowest BCUT2D eigenvalue weighted by Gasteiger charge is -2.38. The smallest absolute Gasteiger partial charge is 0.320 e. The zero-order valence-corrected chi connectivity index (χ0v) is 29.0. The fourth-order valence-electron chi connectivity index (χ4n) is 7.67. The van der Waals surface area contributed by atoms with Crippen LogP contribution in [0.1, 0.15) is 59.5 Å². The minimum absolute atomic E-state index is 0.00470. The van der Waals surface area contributed by atoms with Gasteiger partial charge in [-0.1, -0.05) is 49.6 Å². The highest BCUT2D eigenvalue weighted by molar-refractivity contribution is 7.87. The number of morpholine rings is 1. The molecule has 1 aromatic heterocycles. The molecule has 0 spiro atoms. The van der Waals surface area contributed by atoms with Gasteiger partial charge in [0, 0.05) is 81.0 Å². The molecular formula is C36H44N6O6S. The lowest BCUT2D eigenvalue weighted by atomic mass is 9.81. The van der Waals surface area contributed by atoms with E-state index in [1.807, 2.05) is 45.0 Å². The number of rotatable bonds is 5. The van der Waals surface area contributed by atoms with Gasteiger partial charge >= 0.3 is 16.2 Å². The molecule has 4 amide bonds. The van der Waals surface area contributed by atoms with Crippen LogP contribution in [0.2, 0.25) is 0 Å². The van der Waals surface area contributed by atoms with E-state index in [9.17, 15) is 22.8 Å². The Morgan fingerprint density at radius 1 is 0.857 bits per heavy atom. The number of amides is 4. The summed E-state index contributed by atoms with van der Waals surface area (Å²) in [6.45, 7) is 4.33. The first-order chi connectivity index (χ1) is 23.6. The van der Waals surface area contributed by atoms with Gasteiger partial charge in [-0.15, -0.1) is 0 Å². The second-order valence-electron chi connectivity index (χ2n) is 13.6. The molecule has 3 aliphatic heterocycles. The number of aromatic nitrogens is 1. The molecule has 0 unspecified atom stereocenters. The Morgan fingerprint density at radius 3 is 2.24 bits per heavy atom. The predicted octanol–water partition coefficient (Wildman–Crippen LogP) is 3.89. The summed E-state index contributed by atoms with van der Waals surface area (Å²) in [7, 11) is -1.25.